The first kappa shape index (κ1) is 10.1. The number of hydrogen-bond acceptors (Lipinski definition) is 2. The van der Waals surface area contributed by atoms with Crippen molar-refractivity contribution < 1.29 is 12.8 Å². The molecule has 0 radical (unpaired) electrons. The second-order valence-corrected chi connectivity index (χ2v) is 4.52. The highest BCUT2D eigenvalue weighted by molar-refractivity contribution is 7.88. The molecule has 3 nitrogen and oxygen atoms in total. The number of primary sulfonamides is 1. The zero-order chi connectivity index (χ0) is 10.1. The van der Waals surface area contributed by atoms with Crippen molar-refractivity contribution in [2.24, 2.45) is 5.14 Å². The first-order valence-corrected chi connectivity index (χ1v) is 5.35. The van der Waals surface area contributed by atoms with Gasteiger partial charge in [-0.1, -0.05) is 12.1 Å². The summed E-state index contributed by atoms with van der Waals surface area (Å²) in [4.78, 5) is 0. The second-order valence-electron chi connectivity index (χ2n) is 2.90. The molecule has 13 heavy (non-hydrogen) atoms. The van der Waals surface area contributed by atoms with Gasteiger partial charge in [0, 0.05) is 5.56 Å². The number of halogens is 1. The van der Waals surface area contributed by atoms with E-state index in [2.05, 4.69) is 0 Å². The summed E-state index contributed by atoms with van der Waals surface area (Å²) >= 11 is 0. The number of rotatable bonds is 2. The van der Waals surface area contributed by atoms with Crippen molar-refractivity contribution in [2.45, 2.75) is 12.7 Å². The maximum Gasteiger partial charge on any atom is 0.213 e. The Balaban J connectivity index is 3.04. The largest absolute Gasteiger partial charge is 0.228 e. The van der Waals surface area contributed by atoms with Gasteiger partial charge < -0.3 is 0 Å². The van der Waals surface area contributed by atoms with Crippen LogP contribution in [0.3, 0.4) is 0 Å². The molecule has 0 spiro atoms. The van der Waals surface area contributed by atoms with Gasteiger partial charge >= 0.3 is 0 Å². The van der Waals surface area contributed by atoms with E-state index in [9.17, 15) is 12.8 Å². The van der Waals surface area contributed by atoms with Crippen molar-refractivity contribution in [3.05, 3.63) is 35.1 Å². The summed E-state index contributed by atoms with van der Waals surface area (Å²) in [7, 11) is -3.65. The van der Waals surface area contributed by atoms with Gasteiger partial charge in [0.2, 0.25) is 10.0 Å². The molecule has 0 aliphatic rings. The first-order valence-electron chi connectivity index (χ1n) is 3.64. The normalized spacial score (nSPS) is 11.6. The fourth-order valence-electron chi connectivity index (χ4n) is 0.986. The van der Waals surface area contributed by atoms with E-state index in [0.717, 1.165) is 5.56 Å². The number of sulfonamides is 1. The third-order valence-electron chi connectivity index (χ3n) is 1.57. The molecule has 0 aliphatic heterocycles. The van der Waals surface area contributed by atoms with Crippen molar-refractivity contribution >= 4 is 10.0 Å². The molecule has 0 aliphatic carbocycles. The Labute approximate surface area is 76.4 Å². The quantitative estimate of drug-likeness (QED) is 0.777. The molecule has 0 saturated heterocycles. The van der Waals surface area contributed by atoms with Gasteiger partial charge in [-0.2, -0.15) is 0 Å². The second kappa shape index (κ2) is 3.43. The van der Waals surface area contributed by atoms with Crippen LogP contribution in [0.25, 0.3) is 0 Å². The number of aryl methyl sites for hydroxylation is 1. The lowest BCUT2D eigenvalue weighted by Crippen LogP contribution is -2.15. The van der Waals surface area contributed by atoms with Crippen LogP contribution in [0, 0.1) is 12.7 Å². The van der Waals surface area contributed by atoms with E-state index < -0.39 is 21.6 Å². The standard InChI is InChI=1S/C8H10FNO2S/c1-6-2-3-7(8(9)4-6)5-13(10,11)12/h2-4H,5H2,1H3,(H2,10,11,12). The summed E-state index contributed by atoms with van der Waals surface area (Å²) in [5.41, 5.74) is 0.851. The van der Waals surface area contributed by atoms with E-state index in [0.29, 0.717) is 0 Å². The van der Waals surface area contributed by atoms with Crippen molar-refractivity contribution in [1.82, 2.24) is 0 Å². The summed E-state index contributed by atoms with van der Waals surface area (Å²) in [6.07, 6.45) is 0. The lowest BCUT2D eigenvalue weighted by molar-refractivity contribution is 0.588. The molecule has 1 rings (SSSR count). The molecule has 0 atom stereocenters. The van der Waals surface area contributed by atoms with E-state index >= 15 is 0 Å². The van der Waals surface area contributed by atoms with Gasteiger partial charge in [-0.05, 0) is 18.6 Å². The van der Waals surface area contributed by atoms with Gasteiger partial charge in [0.1, 0.15) is 5.82 Å². The average molecular weight is 203 g/mol. The summed E-state index contributed by atoms with van der Waals surface area (Å²) in [5.74, 6) is -0.993. The van der Waals surface area contributed by atoms with Crippen LogP contribution in [-0.2, 0) is 15.8 Å². The van der Waals surface area contributed by atoms with Crippen molar-refractivity contribution in [1.29, 1.82) is 0 Å². The Hall–Kier alpha value is -0.940. The average Bonchev–Trinajstić information content (AvgIpc) is 1.93. The van der Waals surface area contributed by atoms with Gasteiger partial charge in [-0.15, -0.1) is 0 Å². The minimum atomic E-state index is -3.65. The smallest absolute Gasteiger partial charge is 0.213 e. The van der Waals surface area contributed by atoms with Crippen LogP contribution in [-0.4, -0.2) is 8.42 Å². The van der Waals surface area contributed by atoms with Crippen LogP contribution >= 0.6 is 0 Å². The molecule has 2 N–H and O–H groups in total. The lowest BCUT2D eigenvalue weighted by atomic mass is 10.2. The van der Waals surface area contributed by atoms with Crippen LogP contribution in [0.2, 0.25) is 0 Å². The third-order valence-corrected chi connectivity index (χ3v) is 2.28. The molecule has 1 aromatic carbocycles. The number of hydrogen-bond donors (Lipinski definition) is 1. The molecular weight excluding hydrogens is 193 g/mol. The topological polar surface area (TPSA) is 60.2 Å². The van der Waals surface area contributed by atoms with E-state index in [-0.39, 0.29) is 5.56 Å². The molecule has 0 saturated carbocycles. The van der Waals surface area contributed by atoms with E-state index in [4.69, 9.17) is 5.14 Å². The predicted molar refractivity (Wildman–Crippen MR) is 47.9 cm³/mol. The SMILES string of the molecule is Cc1ccc(CS(N)(=O)=O)c(F)c1. The zero-order valence-corrected chi connectivity index (χ0v) is 7.94. The van der Waals surface area contributed by atoms with E-state index in [1.54, 1.807) is 13.0 Å². The molecule has 1 aromatic rings. The van der Waals surface area contributed by atoms with E-state index in [1.165, 1.54) is 12.1 Å². The van der Waals surface area contributed by atoms with E-state index in [1.807, 2.05) is 0 Å². The number of nitrogens with two attached hydrogens (primary N) is 1. The molecule has 0 heterocycles. The molecule has 0 aromatic heterocycles. The van der Waals surface area contributed by atoms with Crippen LogP contribution in [0.4, 0.5) is 4.39 Å². The Morgan fingerprint density at radius 3 is 2.54 bits per heavy atom. The van der Waals surface area contributed by atoms with Crippen LogP contribution in [0.15, 0.2) is 18.2 Å². The molecule has 0 amide bonds. The highest BCUT2D eigenvalue weighted by Crippen LogP contribution is 2.11. The predicted octanol–water partition coefficient (Wildman–Crippen LogP) is 0.923. The molecule has 0 fully saturated rings. The van der Waals surface area contributed by atoms with Gasteiger partial charge in [0.25, 0.3) is 0 Å². The molecule has 0 bridgehead atoms. The van der Waals surface area contributed by atoms with Gasteiger partial charge in [-0.3, -0.25) is 0 Å². The van der Waals surface area contributed by atoms with Crippen LogP contribution in [0.1, 0.15) is 11.1 Å². The van der Waals surface area contributed by atoms with Gasteiger partial charge in [-0.25, -0.2) is 17.9 Å². The summed E-state index contributed by atoms with van der Waals surface area (Å²) in [5, 5.41) is 4.78. The highest BCUT2D eigenvalue weighted by atomic mass is 32.2. The monoisotopic (exact) mass is 203 g/mol. The Morgan fingerprint density at radius 2 is 2.08 bits per heavy atom. The fraction of sp³-hybridized carbons (Fsp3) is 0.250. The molecule has 72 valence electrons. The third kappa shape index (κ3) is 3.12. The van der Waals surface area contributed by atoms with Crippen molar-refractivity contribution in [3.63, 3.8) is 0 Å². The van der Waals surface area contributed by atoms with Crippen LogP contribution < -0.4 is 5.14 Å². The summed E-state index contributed by atoms with van der Waals surface area (Å²) in [6, 6.07) is 4.35. The zero-order valence-electron chi connectivity index (χ0n) is 7.12. The van der Waals surface area contributed by atoms with Crippen molar-refractivity contribution in [3.8, 4) is 0 Å². The Kier molecular flexibility index (Phi) is 2.68. The Morgan fingerprint density at radius 1 is 1.46 bits per heavy atom. The maximum absolute atomic E-state index is 13.1. The van der Waals surface area contributed by atoms with Crippen molar-refractivity contribution in [2.75, 3.05) is 0 Å². The minimum absolute atomic E-state index is 0.105. The molecular formula is C8H10FNO2S. The maximum atomic E-state index is 13.1. The Bertz CT molecular complexity index is 414. The minimum Gasteiger partial charge on any atom is -0.228 e. The highest BCUT2D eigenvalue weighted by Gasteiger charge is 2.09. The lowest BCUT2D eigenvalue weighted by Gasteiger charge is -2.01. The number of benzene rings is 1. The summed E-state index contributed by atoms with van der Waals surface area (Å²) < 4.78 is 34.4. The van der Waals surface area contributed by atoms with Crippen LogP contribution in [0.5, 0.6) is 0 Å². The van der Waals surface area contributed by atoms with Gasteiger partial charge in [0.15, 0.2) is 0 Å². The fourth-order valence-corrected chi connectivity index (χ4v) is 1.65. The summed E-state index contributed by atoms with van der Waals surface area (Å²) in [6.45, 7) is 1.73. The first-order chi connectivity index (χ1) is 5.88. The van der Waals surface area contributed by atoms with Gasteiger partial charge in [0.05, 0.1) is 5.75 Å². The molecule has 5 heteroatoms. The molecule has 0 unspecified atom stereocenters.